The Morgan fingerprint density at radius 3 is 2.77 bits per heavy atom. The lowest BCUT2D eigenvalue weighted by Gasteiger charge is -2.04. The minimum atomic E-state index is -1.10. The number of nitrogens with one attached hydrogen (secondary N) is 1. The molecular formula is C14H12N4O4. The summed E-state index contributed by atoms with van der Waals surface area (Å²) in [7, 11) is 0. The molecule has 3 aromatic heterocycles. The molecule has 0 fully saturated rings. The maximum Gasteiger partial charge on any atom is 0.339 e. The van der Waals surface area contributed by atoms with Crippen molar-refractivity contribution in [1.29, 1.82) is 0 Å². The van der Waals surface area contributed by atoms with E-state index in [4.69, 9.17) is 4.42 Å². The summed E-state index contributed by atoms with van der Waals surface area (Å²) in [4.78, 5) is 27.4. The molecule has 3 rings (SSSR count). The van der Waals surface area contributed by atoms with Gasteiger partial charge in [-0.3, -0.25) is 10.1 Å². The zero-order valence-electron chi connectivity index (χ0n) is 11.8. The van der Waals surface area contributed by atoms with Crippen molar-refractivity contribution in [3.8, 4) is 0 Å². The van der Waals surface area contributed by atoms with Crippen molar-refractivity contribution < 1.29 is 19.1 Å². The van der Waals surface area contributed by atoms with Crippen LogP contribution in [0.15, 0.2) is 28.9 Å². The second-order valence-corrected chi connectivity index (χ2v) is 4.75. The Bertz CT molecular complexity index is 880. The molecule has 0 atom stereocenters. The fourth-order valence-electron chi connectivity index (χ4n) is 2.23. The third kappa shape index (κ3) is 2.20. The summed E-state index contributed by atoms with van der Waals surface area (Å²) in [6.45, 7) is 3.46. The highest BCUT2D eigenvalue weighted by atomic mass is 16.4. The van der Waals surface area contributed by atoms with Gasteiger partial charge in [0.25, 0.3) is 5.91 Å². The second-order valence-electron chi connectivity index (χ2n) is 4.75. The number of aryl methyl sites for hydroxylation is 2. The van der Waals surface area contributed by atoms with E-state index in [0.29, 0.717) is 11.3 Å². The number of rotatable bonds is 3. The molecule has 0 saturated heterocycles. The lowest BCUT2D eigenvalue weighted by atomic mass is 10.1. The number of amides is 1. The number of carboxylic acid groups (broad SMARTS) is 1. The molecule has 2 N–H and O–H groups in total. The van der Waals surface area contributed by atoms with Crippen LogP contribution in [0.4, 0.5) is 5.95 Å². The number of hydrogen-bond donors (Lipinski definition) is 2. The summed E-state index contributed by atoms with van der Waals surface area (Å²) in [6, 6.07) is 4.79. The quantitative estimate of drug-likeness (QED) is 0.764. The highest BCUT2D eigenvalue weighted by Gasteiger charge is 2.19. The molecule has 0 unspecified atom stereocenters. The molecule has 112 valence electrons. The molecule has 0 spiro atoms. The van der Waals surface area contributed by atoms with E-state index in [-0.39, 0.29) is 22.9 Å². The highest BCUT2D eigenvalue weighted by molar-refractivity contribution is 6.01. The predicted octanol–water partition coefficient (Wildman–Crippen LogP) is 1.89. The van der Waals surface area contributed by atoms with Crippen LogP contribution in [-0.4, -0.2) is 31.6 Å². The Kier molecular flexibility index (Phi) is 3.13. The van der Waals surface area contributed by atoms with Gasteiger partial charge in [-0.25, -0.2) is 9.31 Å². The number of fused-ring (bicyclic) bond motifs is 1. The molecule has 3 heterocycles. The molecule has 0 aliphatic heterocycles. The lowest BCUT2D eigenvalue weighted by molar-refractivity contribution is 0.0697. The minimum absolute atomic E-state index is 0.0117. The normalized spacial score (nSPS) is 10.8. The fourth-order valence-corrected chi connectivity index (χ4v) is 2.23. The van der Waals surface area contributed by atoms with Gasteiger partial charge in [0.2, 0.25) is 5.95 Å². The van der Waals surface area contributed by atoms with Gasteiger partial charge in [-0.05, 0) is 37.6 Å². The minimum Gasteiger partial charge on any atom is -0.478 e. The van der Waals surface area contributed by atoms with Gasteiger partial charge in [-0.1, -0.05) is 0 Å². The first-order chi connectivity index (χ1) is 10.5. The number of nitrogens with zero attached hydrogens (tertiary/aromatic N) is 3. The number of aromatic nitrogens is 3. The van der Waals surface area contributed by atoms with Gasteiger partial charge in [0.1, 0.15) is 5.56 Å². The van der Waals surface area contributed by atoms with Gasteiger partial charge < -0.3 is 9.52 Å². The molecule has 0 aliphatic carbocycles. The molecule has 0 aliphatic rings. The van der Waals surface area contributed by atoms with E-state index >= 15 is 0 Å². The van der Waals surface area contributed by atoms with Crippen LogP contribution in [0.1, 0.15) is 32.2 Å². The van der Waals surface area contributed by atoms with Crippen LogP contribution in [-0.2, 0) is 0 Å². The first-order valence-corrected chi connectivity index (χ1v) is 6.42. The van der Waals surface area contributed by atoms with Crippen molar-refractivity contribution in [3.63, 3.8) is 0 Å². The number of carbonyl (C=O) groups excluding carboxylic acids is 1. The summed E-state index contributed by atoms with van der Waals surface area (Å²) in [5.74, 6) is -1.48. The molecule has 0 aromatic carbocycles. The van der Waals surface area contributed by atoms with Crippen LogP contribution < -0.4 is 5.32 Å². The van der Waals surface area contributed by atoms with E-state index in [1.807, 2.05) is 0 Å². The maximum absolute atomic E-state index is 11.9. The molecule has 0 saturated carbocycles. The van der Waals surface area contributed by atoms with Gasteiger partial charge in [0.05, 0.1) is 6.26 Å². The summed E-state index contributed by atoms with van der Waals surface area (Å²) in [5, 5.41) is 15.9. The fraction of sp³-hybridized carbons (Fsp3) is 0.143. The number of anilines is 1. The summed E-state index contributed by atoms with van der Waals surface area (Å²) >= 11 is 0. The van der Waals surface area contributed by atoms with E-state index in [1.54, 1.807) is 26.0 Å². The number of hydrogen-bond acceptors (Lipinski definition) is 5. The average molecular weight is 300 g/mol. The standard InChI is InChI=1S/C14H12N4O4/c1-7-6-8(2)18-11(10(7)13(20)21)15-14(17-18)16-12(19)9-4-3-5-22-9/h3-6H,1-2H3,(H,20,21)(H,16,17,19). The van der Waals surface area contributed by atoms with E-state index in [9.17, 15) is 14.7 Å². The van der Waals surface area contributed by atoms with Crippen LogP contribution >= 0.6 is 0 Å². The van der Waals surface area contributed by atoms with Crippen molar-refractivity contribution >= 4 is 23.5 Å². The van der Waals surface area contributed by atoms with Gasteiger partial charge >= 0.3 is 5.97 Å². The first-order valence-electron chi connectivity index (χ1n) is 6.42. The number of aromatic carboxylic acids is 1. The van der Waals surface area contributed by atoms with Crippen LogP contribution in [0.2, 0.25) is 0 Å². The summed E-state index contributed by atoms with van der Waals surface area (Å²) in [5.41, 5.74) is 1.52. The zero-order valence-corrected chi connectivity index (χ0v) is 11.8. The largest absolute Gasteiger partial charge is 0.478 e. The van der Waals surface area contributed by atoms with Crippen LogP contribution in [0.3, 0.4) is 0 Å². The molecule has 8 heteroatoms. The number of carboxylic acids is 1. The van der Waals surface area contributed by atoms with Crippen molar-refractivity contribution in [2.45, 2.75) is 13.8 Å². The Balaban J connectivity index is 2.06. The van der Waals surface area contributed by atoms with Crippen molar-refractivity contribution in [2.75, 3.05) is 5.32 Å². The highest BCUT2D eigenvalue weighted by Crippen LogP contribution is 2.18. The van der Waals surface area contributed by atoms with E-state index in [1.165, 1.54) is 16.8 Å². The second kappa shape index (κ2) is 4.99. The number of carbonyl (C=O) groups is 2. The van der Waals surface area contributed by atoms with E-state index in [2.05, 4.69) is 15.4 Å². The van der Waals surface area contributed by atoms with E-state index < -0.39 is 11.9 Å². The number of furan rings is 1. The number of pyridine rings is 1. The SMILES string of the molecule is Cc1cc(C)n2nc(NC(=O)c3ccco3)nc2c1C(=O)O. The molecule has 22 heavy (non-hydrogen) atoms. The van der Waals surface area contributed by atoms with Crippen molar-refractivity contribution in [1.82, 2.24) is 14.6 Å². The summed E-state index contributed by atoms with van der Waals surface area (Å²) in [6.07, 6.45) is 1.38. The van der Waals surface area contributed by atoms with Crippen LogP contribution in [0, 0.1) is 13.8 Å². The summed E-state index contributed by atoms with van der Waals surface area (Å²) < 4.78 is 6.36. The third-order valence-electron chi connectivity index (χ3n) is 3.17. The van der Waals surface area contributed by atoms with Crippen LogP contribution in [0.25, 0.3) is 5.65 Å². The predicted molar refractivity (Wildman–Crippen MR) is 76.1 cm³/mol. The first kappa shape index (κ1) is 13.8. The molecule has 8 nitrogen and oxygen atoms in total. The Morgan fingerprint density at radius 2 is 2.14 bits per heavy atom. The molecular weight excluding hydrogens is 288 g/mol. The van der Waals surface area contributed by atoms with Gasteiger partial charge in [-0.15, -0.1) is 5.10 Å². The van der Waals surface area contributed by atoms with Crippen molar-refractivity contribution in [2.24, 2.45) is 0 Å². The molecule has 0 radical (unpaired) electrons. The smallest absolute Gasteiger partial charge is 0.339 e. The third-order valence-corrected chi connectivity index (χ3v) is 3.17. The average Bonchev–Trinajstić information content (AvgIpc) is 3.06. The molecule has 1 amide bonds. The Labute approximate surface area is 124 Å². The van der Waals surface area contributed by atoms with Crippen LogP contribution in [0.5, 0.6) is 0 Å². The topological polar surface area (TPSA) is 110 Å². The maximum atomic E-state index is 11.9. The van der Waals surface area contributed by atoms with E-state index in [0.717, 1.165) is 0 Å². The van der Waals surface area contributed by atoms with Gasteiger partial charge in [0.15, 0.2) is 11.4 Å². The lowest BCUT2D eigenvalue weighted by Crippen LogP contribution is -2.12. The molecule has 0 bridgehead atoms. The monoisotopic (exact) mass is 300 g/mol. The zero-order chi connectivity index (χ0) is 15.9. The Morgan fingerprint density at radius 1 is 1.36 bits per heavy atom. The molecule has 3 aromatic rings. The Hall–Kier alpha value is -3.16. The van der Waals surface area contributed by atoms with Gasteiger partial charge in [0, 0.05) is 5.69 Å². The van der Waals surface area contributed by atoms with Crippen molar-refractivity contribution in [3.05, 3.63) is 47.0 Å². The van der Waals surface area contributed by atoms with Gasteiger partial charge in [-0.2, -0.15) is 4.98 Å².